The Bertz CT molecular complexity index is 3830. The first-order chi connectivity index (χ1) is 31.0. The second-order valence-electron chi connectivity index (χ2n) is 17.6. The summed E-state index contributed by atoms with van der Waals surface area (Å²) in [5.74, 6) is 0.202. The van der Waals surface area contributed by atoms with Gasteiger partial charge in [0.05, 0.1) is 30.5 Å². The SMILES string of the molecule is [2H]C(C)(C)c1cc(-c2[c-]cccc2)ncc1[Si](C)(C)C.[Ir].[c-]1ccc2c(oc3cc4ccccc4cc32)c1-c1nc2cccc3c4ccccc4c4ccccc4c4ccccc4n1c23. The van der Waals surface area contributed by atoms with Crippen LogP contribution in [0.25, 0.3) is 104 Å². The van der Waals surface area contributed by atoms with Gasteiger partial charge in [-0.3, -0.25) is 4.98 Å². The van der Waals surface area contributed by atoms with Gasteiger partial charge in [-0.15, -0.1) is 54.1 Å². The number of furan rings is 1. The van der Waals surface area contributed by atoms with Crippen molar-refractivity contribution in [3.05, 3.63) is 194 Å². The monoisotopic (exact) mass is 1020 g/mol. The van der Waals surface area contributed by atoms with Crippen LogP contribution in [-0.2, 0) is 20.1 Å². The Balaban J connectivity index is 0.000000201. The van der Waals surface area contributed by atoms with E-state index in [9.17, 15) is 0 Å². The number of para-hydroxylation sites is 2. The number of rotatable bonds is 4. The van der Waals surface area contributed by atoms with Gasteiger partial charge in [0.25, 0.3) is 0 Å². The van der Waals surface area contributed by atoms with Crippen LogP contribution < -0.4 is 5.19 Å². The molecule has 313 valence electrons. The standard InChI is InChI=1S/C41H23N2O.C17H22NSi.Ir/c1-2-12-26-24-38-35(23-25(26)11-1)33-19-9-20-34(40(33)44-38)41-42-36-21-10-18-32-30-16-6-4-14-28(30)27-13-3-5-15-29(27)31-17-7-8-22-37(31)43(41)39(32)36;1-13(2)15-11-16(14-9-7-6-8-10-14)18-12-17(15)19(3,4)5;/h1-19,21-24H;6-9,11-13H,1-5H3;/q2*-1;/i;13D;. The Hall–Kier alpha value is -6.69. The van der Waals surface area contributed by atoms with Crippen LogP contribution >= 0.6 is 0 Å². The number of hydrogen-bond acceptors (Lipinski definition) is 3. The number of pyridine rings is 1. The molecule has 0 aliphatic carbocycles. The summed E-state index contributed by atoms with van der Waals surface area (Å²) in [4.78, 5) is 9.95. The van der Waals surface area contributed by atoms with Crippen molar-refractivity contribution in [2.24, 2.45) is 0 Å². The van der Waals surface area contributed by atoms with Gasteiger partial charge in [-0.2, -0.15) is 0 Å². The van der Waals surface area contributed by atoms with Gasteiger partial charge < -0.3 is 13.8 Å². The van der Waals surface area contributed by atoms with Crippen LogP contribution in [0.4, 0.5) is 0 Å². The third-order valence-electron chi connectivity index (χ3n) is 12.3. The average Bonchev–Trinajstić information content (AvgIpc) is 3.89. The van der Waals surface area contributed by atoms with E-state index in [1.165, 1.54) is 32.1 Å². The molecular weight excluding hydrogens is 975 g/mol. The molecule has 0 aliphatic rings. The van der Waals surface area contributed by atoms with Crippen LogP contribution in [0.3, 0.4) is 0 Å². The van der Waals surface area contributed by atoms with Crippen molar-refractivity contribution in [1.82, 2.24) is 14.4 Å². The summed E-state index contributed by atoms with van der Waals surface area (Å²) in [5.41, 5.74) is 8.57. The van der Waals surface area contributed by atoms with Crippen molar-refractivity contribution in [2.45, 2.75) is 39.4 Å². The number of benzene rings is 8. The molecule has 64 heavy (non-hydrogen) atoms. The predicted molar refractivity (Wildman–Crippen MR) is 269 cm³/mol. The van der Waals surface area contributed by atoms with Crippen molar-refractivity contribution < 1.29 is 25.9 Å². The summed E-state index contributed by atoms with van der Waals surface area (Å²) in [5, 5.41) is 12.9. The molecule has 0 spiro atoms. The number of hydrogen-bond donors (Lipinski definition) is 0. The van der Waals surface area contributed by atoms with Crippen LogP contribution in [0.2, 0.25) is 19.6 Å². The number of nitrogens with zero attached hydrogens (tertiary/aromatic N) is 3. The molecule has 0 aliphatic heterocycles. The van der Waals surface area contributed by atoms with E-state index in [4.69, 9.17) is 10.8 Å². The molecule has 0 N–H and O–H groups in total. The van der Waals surface area contributed by atoms with Crippen LogP contribution in [0.15, 0.2) is 180 Å². The Morgan fingerprint density at radius 2 is 1.23 bits per heavy atom. The summed E-state index contributed by atoms with van der Waals surface area (Å²) < 4.78 is 17.5. The molecular formula is C58H45IrN3OSi-2. The minimum absolute atomic E-state index is 0. The number of fused-ring (bicyclic) bond motifs is 11. The van der Waals surface area contributed by atoms with E-state index in [0.717, 1.165) is 82.9 Å². The molecule has 4 heterocycles. The smallest absolute Gasteiger partial charge is 0.121 e. The summed E-state index contributed by atoms with van der Waals surface area (Å²) in [6, 6.07) is 66.1. The normalized spacial score (nSPS) is 12.2. The van der Waals surface area contributed by atoms with Crippen molar-refractivity contribution >= 4 is 94.8 Å². The summed E-state index contributed by atoms with van der Waals surface area (Å²) >= 11 is 0. The van der Waals surface area contributed by atoms with Crippen LogP contribution in [0.1, 0.15) is 26.7 Å². The zero-order chi connectivity index (χ0) is 43.7. The summed E-state index contributed by atoms with van der Waals surface area (Å²) in [7, 11) is -1.50. The molecule has 8 aromatic carbocycles. The second kappa shape index (κ2) is 16.5. The Kier molecular flexibility index (Phi) is 10.3. The fourth-order valence-corrected chi connectivity index (χ4v) is 10.9. The molecule has 0 bridgehead atoms. The quantitative estimate of drug-likeness (QED) is 0.130. The molecule has 1 radical (unpaired) electrons. The Morgan fingerprint density at radius 3 is 1.92 bits per heavy atom. The van der Waals surface area contributed by atoms with Gasteiger partial charge in [0.2, 0.25) is 0 Å². The molecule has 0 saturated heterocycles. The van der Waals surface area contributed by atoms with Crippen LogP contribution in [-0.4, -0.2) is 22.4 Å². The first-order valence-electron chi connectivity index (χ1n) is 22.1. The van der Waals surface area contributed by atoms with Crippen molar-refractivity contribution in [3.63, 3.8) is 0 Å². The fraction of sp³-hybridized carbons (Fsp3) is 0.103. The van der Waals surface area contributed by atoms with Crippen LogP contribution in [0.5, 0.6) is 0 Å². The van der Waals surface area contributed by atoms with Gasteiger partial charge in [-0.05, 0) is 73.4 Å². The van der Waals surface area contributed by atoms with E-state index in [1.807, 2.05) is 50.4 Å². The zero-order valence-corrected chi connectivity index (χ0v) is 39.7. The molecule has 0 unspecified atom stereocenters. The zero-order valence-electron chi connectivity index (χ0n) is 37.3. The summed E-state index contributed by atoms with van der Waals surface area (Å²) in [6.45, 7) is 10.8. The third kappa shape index (κ3) is 7.03. The third-order valence-corrected chi connectivity index (χ3v) is 14.3. The Morgan fingerprint density at radius 1 is 0.609 bits per heavy atom. The van der Waals surface area contributed by atoms with Gasteiger partial charge in [0, 0.05) is 49.3 Å². The molecule has 6 heteroatoms. The molecule has 4 aromatic heterocycles. The second-order valence-corrected chi connectivity index (χ2v) is 22.6. The molecule has 0 atom stereocenters. The van der Waals surface area contributed by atoms with E-state index in [2.05, 4.69) is 181 Å². The number of imidazole rings is 1. The van der Waals surface area contributed by atoms with E-state index < -0.39 is 14.0 Å². The maximum atomic E-state index is 8.44. The molecule has 12 aromatic rings. The Labute approximate surface area is 388 Å². The molecule has 0 saturated carbocycles. The van der Waals surface area contributed by atoms with Crippen LogP contribution in [0, 0.1) is 12.1 Å². The maximum Gasteiger partial charge on any atom is 0.121 e. The van der Waals surface area contributed by atoms with Crippen molar-refractivity contribution in [1.29, 1.82) is 0 Å². The van der Waals surface area contributed by atoms with Gasteiger partial charge in [-0.1, -0.05) is 159 Å². The molecule has 4 nitrogen and oxygen atoms in total. The molecule has 0 fully saturated rings. The van der Waals surface area contributed by atoms with E-state index in [-0.39, 0.29) is 20.1 Å². The fourth-order valence-electron chi connectivity index (χ4n) is 9.31. The first-order valence-corrected chi connectivity index (χ1v) is 25.1. The largest absolute Gasteiger partial charge is 0.501 e. The van der Waals surface area contributed by atoms with Gasteiger partial charge in [0.15, 0.2) is 0 Å². The minimum Gasteiger partial charge on any atom is -0.501 e. The van der Waals surface area contributed by atoms with Gasteiger partial charge in [-0.25, -0.2) is 0 Å². The molecule has 12 rings (SSSR count). The van der Waals surface area contributed by atoms with Gasteiger partial charge >= 0.3 is 0 Å². The minimum atomic E-state index is -1.50. The van der Waals surface area contributed by atoms with E-state index in [0.29, 0.717) is 0 Å². The van der Waals surface area contributed by atoms with Crippen molar-refractivity contribution in [2.75, 3.05) is 0 Å². The predicted octanol–water partition coefficient (Wildman–Crippen LogP) is 15.2. The van der Waals surface area contributed by atoms with Crippen molar-refractivity contribution in [3.8, 4) is 22.6 Å². The first kappa shape index (κ1) is 40.1. The van der Waals surface area contributed by atoms with E-state index in [1.54, 1.807) is 0 Å². The average molecular weight is 1020 g/mol. The van der Waals surface area contributed by atoms with Gasteiger partial charge in [0.1, 0.15) is 5.58 Å². The number of aromatic nitrogens is 3. The maximum absolute atomic E-state index is 8.44. The topological polar surface area (TPSA) is 43.3 Å². The summed E-state index contributed by atoms with van der Waals surface area (Å²) in [6.07, 6.45) is 1.98. The van der Waals surface area contributed by atoms with E-state index >= 15 is 0 Å². The molecule has 0 amide bonds.